The Bertz CT molecular complexity index is 294. The predicted molar refractivity (Wildman–Crippen MR) is 87.5 cm³/mol. The molecule has 1 aliphatic carbocycles. The summed E-state index contributed by atoms with van der Waals surface area (Å²) in [5.41, 5.74) is 0. The highest BCUT2D eigenvalue weighted by Crippen LogP contribution is 2.29. The standard InChI is InChI=1S/C17H32N2O3/c1-3-4-5-11-18-16(20)14-7-9-15(10-8-14)17(21)19-12-6-13-22-2/h14-15H,3-13H2,1-2H3,(H,18,20)(H,19,21). The highest BCUT2D eigenvalue weighted by Gasteiger charge is 2.29. The summed E-state index contributed by atoms with van der Waals surface area (Å²) in [5.74, 6) is 0.485. The van der Waals surface area contributed by atoms with Crippen LogP contribution in [0.4, 0.5) is 0 Å². The lowest BCUT2D eigenvalue weighted by atomic mass is 9.81. The fraction of sp³-hybridized carbons (Fsp3) is 0.882. The van der Waals surface area contributed by atoms with Gasteiger partial charge in [0, 0.05) is 38.6 Å². The molecule has 128 valence electrons. The first kappa shape index (κ1) is 18.9. The largest absolute Gasteiger partial charge is 0.385 e. The Labute approximate surface area is 134 Å². The number of amides is 2. The molecule has 1 aliphatic rings. The van der Waals surface area contributed by atoms with Gasteiger partial charge in [-0.1, -0.05) is 19.8 Å². The zero-order valence-electron chi connectivity index (χ0n) is 14.2. The molecule has 0 saturated heterocycles. The van der Waals surface area contributed by atoms with E-state index in [0.29, 0.717) is 13.2 Å². The topological polar surface area (TPSA) is 67.4 Å². The molecule has 1 fully saturated rings. The maximum absolute atomic E-state index is 12.1. The molecule has 2 N–H and O–H groups in total. The van der Waals surface area contributed by atoms with Crippen molar-refractivity contribution in [1.82, 2.24) is 10.6 Å². The first-order chi connectivity index (χ1) is 10.7. The number of methoxy groups -OCH3 is 1. The van der Waals surface area contributed by atoms with Crippen LogP contribution in [0.25, 0.3) is 0 Å². The van der Waals surface area contributed by atoms with E-state index in [1.165, 1.54) is 6.42 Å². The molecule has 0 aromatic rings. The second-order valence-electron chi connectivity index (χ2n) is 6.18. The van der Waals surface area contributed by atoms with Gasteiger partial charge in [-0.3, -0.25) is 9.59 Å². The van der Waals surface area contributed by atoms with Crippen molar-refractivity contribution in [3.63, 3.8) is 0 Å². The van der Waals surface area contributed by atoms with Crippen molar-refractivity contribution in [3.8, 4) is 0 Å². The summed E-state index contributed by atoms with van der Waals surface area (Å²) >= 11 is 0. The normalized spacial score (nSPS) is 21.4. The minimum atomic E-state index is 0.0756. The molecule has 0 aliphatic heterocycles. The number of nitrogens with one attached hydrogen (secondary N) is 2. The zero-order chi connectivity index (χ0) is 16.2. The highest BCUT2D eigenvalue weighted by molar-refractivity contribution is 5.81. The van der Waals surface area contributed by atoms with Gasteiger partial charge in [0.2, 0.25) is 11.8 Å². The molecule has 0 bridgehead atoms. The zero-order valence-corrected chi connectivity index (χ0v) is 14.2. The number of carbonyl (C=O) groups is 2. The fourth-order valence-corrected chi connectivity index (χ4v) is 2.92. The van der Waals surface area contributed by atoms with Gasteiger partial charge in [-0.05, 0) is 38.5 Å². The second kappa shape index (κ2) is 11.5. The van der Waals surface area contributed by atoms with Crippen LogP contribution in [0, 0.1) is 11.8 Å². The van der Waals surface area contributed by atoms with E-state index in [1.807, 2.05) is 0 Å². The molecular formula is C17H32N2O3. The van der Waals surface area contributed by atoms with Crippen LogP contribution in [-0.4, -0.2) is 38.6 Å². The lowest BCUT2D eigenvalue weighted by molar-refractivity contribution is -0.130. The SMILES string of the molecule is CCCCCNC(=O)C1CCC(C(=O)NCCCOC)CC1. The van der Waals surface area contributed by atoms with Gasteiger partial charge in [-0.15, -0.1) is 0 Å². The first-order valence-corrected chi connectivity index (χ1v) is 8.73. The van der Waals surface area contributed by atoms with Crippen LogP contribution >= 0.6 is 0 Å². The van der Waals surface area contributed by atoms with Crippen molar-refractivity contribution in [3.05, 3.63) is 0 Å². The number of hydrogen-bond acceptors (Lipinski definition) is 3. The number of hydrogen-bond donors (Lipinski definition) is 2. The van der Waals surface area contributed by atoms with Crippen LogP contribution in [0.2, 0.25) is 0 Å². The van der Waals surface area contributed by atoms with Gasteiger partial charge < -0.3 is 15.4 Å². The number of ether oxygens (including phenoxy) is 1. The average Bonchev–Trinajstić information content (AvgIpc) is 2.55. The van der Waals surface area contributed by atoms with E-state index in [4.69, 9.17) is 4.74 Å². The fourth-order valence-electron chi connectivity index (χ4n) is 2.92. The second-order valence-corrected chi connectivity index (χ2v) is 6.18. The van der Waals surface area contributed by atoms with Crippen molar-refractivity contribution in [1.29, 1.82) is 0 Å². The van der Waals surface area contributed by atoms with Gasteiger partial charge >= 0.3 is 0 Å². The van der Waals surface area contributed by atoms with E-state index in [1.54, 1.807) is 7.11 Å². The Morgan fingerprint density at radius 2 is 1.41 bits per heavy atom. The van der Waals surface area contributed by atoms with Crippen LogP contribution in [0.1, 0.15) is 58.3 Å². The Morgan fingerprint density at radius 1 is 0.909 bits per heavy atom. The molecule has 0 spiro atoms. The van der Waals surface area contributed by atoms with Crippen molar-refractivity contribution in [2.24, 2.45) is 11.8 Å². The van der Waals surface area contributed by atoms with Crippen LogP contribution in [0.3, 0.4) is 0 Å². The molecule has 0 aromatic carbocycles. The van der Waals surface area contributed by atoms with Crippen LogP contribution in [0.15, 0.2) is 0 Å². The van der Waals surface area contributed by atoms with Crippen LogP contribution in [0.5, 0.6) is 0 Å². The quantitative estimate of drug-likeness (QED) is 0.608. The van der Waals surface area contributed by atoms with Crippen molar-refractivity contribution >= 4 is 11.8 Å². The molecule has 0 unspecified atom stereocenters. The van der Waals surface area contributed by atoms with Gasteiger partial charge in [0.05, 0.1) is 0 Å². The monoisotopic (exact) mass is 312 g/mol. The van der Waals surface area contributed by atoms with Crippen molar-refractivity contribution in [2.75, 3.05) is 26.8 Å². The van der Waals surface area contributed by atoms with E-state index in [-0.39, 0.29) is 23.7 Å². The summed E-state index contributed by atoms with van der Waals surface area (Å²) < 4.78 is 4.96. The van der Waals surface area contributed by atoms with Gasteiger partial charge in [-0.25, -0.2) is 0 Å². The molecule has 2 amide bonds. The van der Waals surface area contributed by atoms with Crippen molar-refractivity contribution in [2.45, 2.75) is 58.3 Å². The maximum Gasteiger partial charge on any atom is 0.223 e. The molecule has 5 nitrogen and oxygen atoms in total. The van der Waals surface area contributed by atoms with Gasteiger partial charge in [-0.2, -0.15) is 0 Å². The summed E-state index contributed by atoms with van der Waals surface area (Å²) in [5, 5.41) is 5.99. The van der Waals surface area contributed by atoms with E-state index < -0.39 is 0 Å². The number of carbonyl (C=O) groups excluding carboxylic acids is 2. The number of unbranched alkanes of at least 4 members (excludes halogenated alkanes) is 2. The minimum absolute atomic E-state index is 0.0756. The maximum atomic E-state index is 12.1. The minimum Gasteiger partial charge on any atom is -0.385 e. The summed E-state index contributed by atoms with van der Waals surface area (Å²) in [4.78, 5) is 24.1. The van der Waals surface area contributed by atoms with Crippen LogP contribution in [-0.2, 0) is 14.3 Å². The summed E-state index contributed by atoms with van der Waals surface area (Å²) in [6.07, 6.45) is 7.54. The predicted octanol–water partition coefficient (Wildman–Crippen LogP) is 2.25. The van der Waals surface area contributed by atoms with Gasteiger partial charge in [0.15, 0.2) is 0 Å². The van der Waals surface area contributed by atoms with Crippen LogP contribution < -0.4 is 10.6 Å². The molecule has 0 radical (unpaired) electrons. The Balaban J connectivity index is 2.16. The van der Waals surface area contributed by atoms with Crippen molar-refractivity contribution < 1.29 is 14.3 Å². The van der Waals surface area contributed by atoms with E-state index in [0.717, 1.165) is 51.5 Å². The molecule has 0 heterocycles. The third-order valence-electron chi connectivity index (χ3n) is 4.37. The molecule has 1 saturated carbocycles. The molecule has 0 atom stereocenters. The lowest BCUT2D eigenvalue weighted by Gasteiger charge is -2.27. The summed E-state index contributed by atoms with van der Waals surface area (Å²) in [7, 11) is 1.66. The number of rotatable bonds is 10. The first-order valence-electron chi connectivity index (χ1n) is 8.73. The Morgan fingerprint density at radius 3 is 1.86 bits per heavy atom. The summed E-state index contributed by atoms with van der Waals surface area (Å²) in [6.45, 7) is 4.28. The molecular weight excluding hydrogens is 280 g/mol. The summed E-state index contributed by atoms with van der Waals surface area (Å²) in [6, 6.07) is 0. The molecule has 5 heteroatoms. The van der Waals surface area contributed by atoms with E-state index in [2.05, 4.69) is 17.6 Å². The lowest BCUT2D eigenvalue weighted by Crippen LogP contribution is -2.38. The van der Waals surface area contributed by atoms with Gasteiger partial charge in [0.1, 0.15) is 0 Å². The Hall–Kier alpha value is -1.10. The van der Waals surface area contributed by atoms with E-state index in [9.17, 15) is 9.59 Å². The molecule has 0 aromatic heterocycles. The highest BCUT2D eigenvalue weighted by atomic mass is 16.5. The third-order valence-corrected chi connectivity index (χ3v) is 4.37. The molecule has 22 heavy (non-hydrogen) atoms. The van der Waals surface area contributed by atoms with Gasteiger partial charge in [0.25, 0.3) is 0 Å². The van der Waals surface area contributed by atoms with E-state index >= 15 is 0 Å². The smallest absolute Gasteiger partial charge is 0.223 e. The average molecular weight is 312 g/mol. The molecule has 1 rings (SSSR count). The Kier molecular flexibility index (Phi) is 9.87. The third kappa shape index (κ3) is 7.25.